The highest BCUT2D eigenvalue weighted by Gasteiger charge is 2.20. The van der Waals surface area contributed by atoms with E-state index >= 15 is 0 Å². The van der Waals surface area contributed by atoms with Crippen LogP contribution in [0.3, 0.4) is 0 Å². The van der Waals surface area contributed by atoms with Crippen molar-refractivity contribution in [1.82, 2.24) is 4.90 Å². The zero-order valence-electron chi connectivity index (χ0n) is 11.3. The van der Waals surface area contributed by atoms with E-state index in [4.69, 9.17) is 4.74 Å². The molecule has 1 aromatic rings. The summed E-state index contributed by atoms with van der Waals surface area (Å²) in [6.45, 7) is 1.02. The number of rotatable bonds is 7. The Balaban J connectivity index is 2.55. The quantitative estimate of drug-likeness (QED) is 0.560. The first-order valence-electron chi connectivity index (χ1n) is 6.00. The molecule has 1 aromatic carbocycles. The summed E-state index contributed by atoms with van der Waals surface area (Å²) >= 11 is 1.79. The van der Waals surface area contributed by atoms with Gasteiger partial charge in [0.05, 0.1) is 13.0 Å². The maximum Gasteiger partial charge on any atom is 0.313 e. The summed E-state index contributed by atoms with van der Waals surface area (Å²) in [6.07, 6.45) is 0. The van der Waals surface area contributed by atoms with Crippen molar-refractivity contribution in [3.8, 4) is 0 Å². The minimum atomic E-state index is -0.164. The third-order valence-corrected chi connectivity index (χ3v) is 3.70. The number of esters is 1. The zero-order valence-corrected chi connectivity index (χ0v) is 12.1. The van der Waals surface area contributed by atoms with Crippen LogP contribution in [0.1, 0.15) is 11.5 Å². The molecule has 1 unspecified atom stereocenters. The lowest BCUT2D eigenvalue weighted by Gasteiger charge is -2.15. The van der Waals surface area contributed by atoms with E-state index in [-0.39, 0.29) is 11.9 Å². The van der Waals surface area contributed by atoms with E-state index in [1.807, 2.05) is 30.3 Å². The highest BCUT2D eigenvalue weighted by molar-refractivity contribution is 7.99. The molecule has 0 fully saturated rings. The minimum Gasteiger partial charge on any atom is -0.469 e. The van der Waals surface area contributed by atoms with Crippen LogP contribution in [0.2, 0.25) is 0 Å². The van der Waals surface area contributed by atoms with E-state index in [0.29, 0.717) is 0 Å². The van der Waals surface area contributed by atoms with Crippen molar-refractivity contribution in [2.75, 3.05) is 39.3 Å². The molecule has 0 N–H and O–H groups in total. The van der Waals surface area contributed by atoms with Gasteiger partial charge in [0.1, 0.15) is 0 Å². The van der Waals surface area contributed by atoms with Crippen molar-refractivity contribution >= 4 is 17.7 Å². The maximum atomic E-state index is 11.8. The Morgan fingerprint density at radius 2 is 2.00 bits per heavy atom. The molecule has 0 bridgehead atoms. The van der Waals surface area contributed by atoms with Crippen LogP contribution in [-0.2, 0) is 9.53 Å². The fourth-order valence-corrected chi connectivity index (χ4v) is 2.80. The molecule has 0 aliphatic carbocycles. The van der Waals surface area contributed by atoms with Crippen LogP contribution < -0.4 is 0 Å². The topological polar surface area (TPSA) is 29.5 Å². The predicted octanol–water partition coefficient (Wildman–Crippen LogP) is 2.24. The molecule has 0 aromatic heterocycles. The number of hydrogen-bond acceptors (Lipinski definition) is 4. The van der Waals surface area contributed by atoms with Crippen molar-refractivity contribution < 1.29 is 9.53 Å². The van der Waals surface area contributed by atoms with Gasteiger partial charge in [0.25, 0.3) is 0 Å². The molecule has 3 nitrogen and oxygen atoms in total. The highest BCUT2D eigenvalue weighted by atomic mass is 32.2. The highest BCUT2D eigenvalue weighted by Crippen LogP contribution is 2.22. The van der Waals surface area contributed by atoms with Gasteiger partial charge in [-0.25, -0.2) is 0 Å². The second-order valence-corrected chi connectivity index (χ2v) is 5.51. The standard InChI is InChI=1S/C14H21NO2S/c1-15(2)9-10-18-11-13(14(16)17-3)12-7-5-4-6-8-12/h4-8,13H,9-11H2,1-3H3. The van der Waals surface area contributed by atoms with E-state index in [0.717, 1.165) is 23.6 Å². The van der Waals surface area contributed by atoms with Crippen LogP contribution >= 0.6 is 11.8 Å². The Labute approximate surface area is 114 Å². The summed E-state index contributed by atoms with van der Waals surface area (Å²) in [5.41, 5.74) is 1.03. The lowest BCUT2D eigenvalue weighted by molar-refractivity contribution is -0.141. The zero-order chi connectivity index (χ0) is 13.4. The molecule has 4 heteroatoms. The average Bonchev–Trinajstić information content (AvgIpc) is 2.38. The smallest absolute Gasteiger partial charge is 0.313 e. The molecule has 1 atom stereocenters. The van der Waals surface area contributed by atoms with E-state index < -0.39 is 0 Å². The van der Waals surface area contributed by atoms with Crippen molar-refractivity contribution in [1.29, 1.82) is 0 Å². The fraction of sp³-hybridized carbons (Fsp3) is 0.500. The number of methoxy groups -OCH3 is 1. The number of nitrogens with zero attached hydrogens (tertiary/aromatic N) is 1. The summed E-state index contributed by atoms with van der Waals surface area (Å²) in [6, 6.07) is 9.82. The van der Waals surface area contributed by atoms with Crippen molar-refractivity contribution in [2.45, 2.75) is 5.92 Å². The van der Waals surface area contributed by atoms with Gasteiger partial charge in [-0.05, 0) is 19.7 Å². The van der Waals surface area contributed by atoms with Crippen molar-refractivity contribution in [3.63, 3.8) is 0 Å². The van der Waals surface area contributed by atoms with Gasteiger partial charge in [-0.1, -0.05) is 30.3 Å². The average molecular weight is 267 g/mol. The molecule has 0 radical (unpaired) electrons. The summed E-state index contributed by atoms with van der Waals surface area (Å²) in [5.74, 6) is 1.47. The van der Waals surface area contributed by atoms with Crippen LogP contribution in [0, 0.1) is 0 Å². The first kappa shape index (κ1) is 15.1. The molecule has 0 amide bonds. The molecule has 0 saturated carbocycles. The molecule has 1 rings (SSSR count). The van der Waals surface area contributed by atoms with Gasteiger partial charge in [0.15, 0.2) is 0 Å². The van der Waals surface area contributed by atoms with Gasteiger partial charge in [-0.2, -0.15) is 11.8 Å². The van der Waals surface area contributed by atoms with Crippen LogP contribution in [0.5, 0.6) is 0 Å². The molecule has 18 heavy (non-hydrogen) atoms. The largest absolute Gasteiger partial charge is 0.469 e. The Bertz CT molecular complexity index is 354. The molecule has 100 valence electrons. The first-order valence-corrected chi connectivity index (χ1v) is 7.16. The molecular weight excluding hydrogens is 246 g/mol. The van der Waals surface area contributed by atoms with E-state index in [2.05, 4.69) is 19.0 Å². The van der Waals surface area contributed by atoms with E-state index in [1.165, 1.54) is 7.11 Å². The molecule has 0 spiro atoms. The Kier molecular flexibility index (Phi) is 6.83. The summed E-state index contributed by atoms with van der Waals surface area (Å²) in [5, 5.41) is 0. The van der Waals surface area contributed by atoms with Gasteiger partial charge in [-0.3, -0.25) is 4.79 Å². The summed E-state index contributed by atoms with van der Waals surface area (Å²) < 4.78 is 4.88. The molecular formula is C14H21NO2S. The van der Waals surface area contributed by atoms with E-state index in [1.54, 1.807) is 11.8 Å². The molecule has 0 heterocycles. The SMILES string of the molecule is COC(=O)C(CSCCN(C)C)c1ccccc1. The van der Waals surface area contributed by atoms with Crippen molar-refractivity contribution in [2.24, 2.45) is 0 Å². The van der Waals surface area contributed by atoms with E-state index in [9.17, 15) is 4.79 Å². The lowest BCUT2D eigenvalue weighted by atomic mass is 10.0. The number of ether oxygens (including phenoxy) is 1. The fourth-order valence-electron chi connectivity index (χ4n) is 1.58. The predicted molar refractivity (Wildman–Crippen MR) is 77.1 cm³/mol. The monoisotopic (exact) mass is 267 g/mol. The van der Waals surface area contributed by atoms with Gasteiger partial charge >= 0.3 is 5.97 Å². The molecule has 0 aliphatic rings. The number of carbonyl (C=O) groups is 1. The van der Waals surface area contributed by atoms with Crippen molar-refractivity contribution in [3.05, 3.63) is 35.9 Å². The Morgan fingerprint density at radius 3 is 2.56 bits per heavy atom. The third-order valence-electron chi connectivity index (χ3n) is 2.65. The molecule has 0 saturated heterocycles. The molecule has 0 aliphatic heterocycles. The normalized spacial score (nSPS) is 12.4. The number of benzene rings is 1. The van der Waals surface area contributed by atoms with Gasteiger partial charge < -0.3 is 9.64 Å². The van der Waals surface area contributed by atoms with Crippen LogP contribution in [0.4, 0.5) is 0 Å². The lowest BCUT2D eigenvalue weighted by Crippen LogP contribution is -2.19. The minimum absolute atomic E-state index is 0.154. The second kappa shape index (κ2) is 8.16. The number of hydrogen-bond donors (Lipinski definition) is 0. The van der Waals surface area contributed by atoms with Crippen LogP contribution in [-0.4, -0.2) is 50.1 Å². The van der Waals surface area contributed by atoms with Crippen LogP contribution in [0.25, 0.3) is 0 Å². The van der Waals surface area contributed by atoms with Crippen LogP contribution in [0.15, 0.2) is 30.3 Å². The summed E-state index contributed by atoms with van der Waals surface area (Å²) in [4.78, 5) is 13.9. The maximum absolute atomic E-state index is 11.8. The first-order chi connectivity index (χ1) is 8.65. The summed E-state index contributed by atoms with van der Waals surface area (Å²) in [7, 11) is 5.55. The van der Waals surface area contributed by atoms with Gasteiger partial charge in [-0.15, -0.1) is 0 Å². The number of carbonyl (C=O) groups excluding carboxylic acids is 1. The Morgan fingerprint density at radius 1 is 1.33 bits per heavy atom. The second-order valence-electron chi connectivity index (χ2n) is 4.36. The third kappa shape index (κ3) is 5.10. The van der Waals surface area contributed by atoms with Gasteiger partial charge in [0, 0.05) is 18.1 Å². The van der Waals surface area contributed by atoms with Gasteiger partial charge in [0.2, 0.25) is 0 Å². The Hall–Kier alpha value is -1.00. The number of thioether (sulfide) groups is 1.